The van der Waals surface area contributed by atoms with Gasteiger partial charge in [0.25, 0.3) is 0 Å². The molecular formula is C17H16ClN3O2. The fourth-order valence-corrected chi connectivity index (χ4v) is 2.33. The van der Waals surface area contributed by atoms with Gasteiger partial charge < -0.3 is 14.5 Å². The highest BCUT2D eigenvalue weighted by Crippen LogP contribution is 2.12. The van der Waals surface area contributed by atoms with Gasteiger partial charge >= 0.3 is 0 Å². The summed E-state index contributed by atoms with van der Waals surface area (Å²) in [5, 5.41) is 3.48. The molecule has 3 rings (SSSR count). The van der Waals surface area contributed by atoms with E-state index >= 15 is 0 Å². The number of ether oxygens (including phenoxy) is 1. The molecular weight excluding hydrogens is 314 g/mol. The Bertz CT molecular complexity index is 802. The van der Waals surface area contributed by atoms with Crippen LogP contribution in [0.4, 0.5) is 0 Å². The lowest BCUT2D eigenvalue weighted by atomic mass is 10.3. The summed E-state index contributed by atoms with van der Waals surface area (Å²) in [5.41, 5.74) is 1.58. The van der Waals surface area contributed by atoms with Crippen molar-refractivity contribution in [1.82, 2.24) is 14.7 Å². The molecule has 0 saturated heterocycles. The standard InChI is InChI=1S/C17H16ClN3O2/c18-13-6-7-16-20-14(12-21(16)11-13)10-19-17(22)8-9-23-15-4-2-1-3-5-15/h1-7,11-12H,8-10H2,(H,19,22). The van der Waals surface area contributed by atoms with Crippen LogP contribution >= 0.6 is 11.6 Å². The molecule has 0 fully saturated rings. The molecule has 118 valence electrons. The molecule has 23 heavy (non-hydrogen) atoms. The first-order valence-corrected chi connectivity index (χ1v) is 7.66. The molecule has 0 aliphatic carbocycles. The predicted molar refractivity (Wildman–Crippen MR) is 88.6 cm³/mol. The lowest BCUT2D eigenvalue weighted by Crippen LogP contribution is -2.24. The third-order valence-corrected chi connectivity index (χ3v) is 3.50. The largest absolute Gasteiger partial charge is 0.493 e. The average Bonchev–Trinajstić information content (AvgIpc) is 2.96. The topological polar surface area (TPSA) is 55.6 Å². The van der Waals surface area contributed by atoms with Gasteiger partial charge in [0.2, 0.25) is 5.91 Å². The number of aromatic nitrogens is 2. The van der Waals surface area contributed by atoms with Crippen molar-refractivity contribution in [2.75, 3.05) is 6.61 Å². The van der Waals surface area contributed by atoms with Crippen molar-refractivity contribution in [2.24, 2.45) is 0 Å². The van der Waals surface area contributed by atoms with E-state index in [0.717, 1.165) is 17.1 Å². The lowest BCUT2D eigenvalue weighted by Gasteiger charge is -2.06. The Labute approximate surface area is 138 Å². The Kier molecular flexibility index (Phi) is 4.78. The van der Waals surface area contributed by atoms with Crippen LogP contribution in [0.3, 0.4) is 0 Å². The maximum atomic E-state index is 11.8. The van der Waals surface area contributed by atoms with Crippen LogP contribution in [0.1, 0.15) is 12.1 Å². The van der Waals surface area contributed by atoms with Crippen molar-refractivity contribution in [1.29, 1.82) is 0 Å². The van der Waals surface area contributed by atoms with E-state index in [1.807, 2.05) is 47.0 Å². The number of fused-ring (bicyclic) bond motifs is 1. The Balaban J connectivity index is 1.46. The first-order chi connectivity index (χ1) is 11.2. The first kappa shape index (κ1) is 15.4. The number of carbonyl (C=O) groups excluding carboxylic acids is 1. The third kappa shape index (κ3) is 4.23. The van der Waals surface area contributed by atoms with Gasteiger partial charge in [-0.25, -0.2) is 4.98 Å². The van der Waals surface area contributed by atoms with Crippen molar-refractivity contribution in [3.63, 3.8) is 0 Å². The number of imidazole rings is 1. The van der Waals surface area contributed by atoms with Gasteiger partial charge in [0.15, 0.2) is 0 Å². The maximum Gasteiger partial charge on any atom is 0.223 e. The number of hydrogen-bond acceptors (Lipinski definition) is 3. The highest BCUT2D eigenvalue weighted by atomic mass is 35.5. The Hall–Kier alpha value is -2.53. The molecule has 0 radical (unpaired) electrons. The summed E-state index contributed by atoms with van der Waals surface area (Å²) in [6.45, 7) is 0.722. The van der Waals surface area contributed by atoms with Crippen LogP contribution in [-0.2, 0) is 11.3 Å². The van der Waals surface area contributed by atoms with E-state index in [2.05, 4.69) is 10.3 Å². The summed E-state index contributed by atoms with van der Waals surface area (Å²) in [5.74, 6) is 0.688. The highest BCUT2D eigenvalue weighted by Gasteiger charge is 2.05. The van der Waals surface area contributed by atoms with Crippen LogP contribution in [0.5, 0.6) is 5.75 Å². The molecule has 2 heterocycles. The molecule has 0 aliphatic rings. The minimum atomic E-state index is -0.0731. The molecule has 1 aromatic carbocycles. The number of benzene rings is 1. The van der Waals surface area contributed by atoms with Gasteiger partial charge in [-0.05, 0) is 24.3 Å². The monoisotopic (exact) mass is 329 g/mol. The molecule has 0 spiro atoms. The van der Waals surface area contributed by atoms with E-state index in [4.69, 9.17) is 16.3 Å². The lowest BCUT2D eigenvalue weighted by molar-refractivity contribution is -0.121. The second-order valence-corrected chi connectivity index (χ2v) is 5.47. The number of carbonyl (C=O) groups is 1. The van der Waals surface area contributed by atoms with Crippen molar-refractivity contribution < 1.29 is 9.53 Å². The van der Waals surface area contributed by atoms with E-state index in [1.54, 1.807) is 12.3 Å². The van der Waals surface area contributed by atoms with Gasteiger partial charge in [0.1, 0.15) is 11.4 Å². The smallest absolute Gasteiger partial charge is 0.223 e. The van der Waals surface area contributed by atoms with Crippen LogP contribution in [0.25, 0.3) is 5.65 Å². The van der Waals surface area contributed by atoms with Crippen molar-refractivity contribution >= 4 is 23.2 Å². The maximum absolute atomic E-state index is 11.8. The molecule has 5 nitrogen and oxygen atoms in total. The molecule has 0 aliphatic heterocycles. The number of rotatable bonds is 6. The molecule has 0 bridgehead atoms. The van der Waals surface area contributed by atoms with Gasteiger partial charge in [-0.2, -0.15) is 0 Å². The van der Waals surface area contributed by atoms with E-state index < -0.39 is 0 Å². The van der Waals surface area contributed by atoms with E-state index in [0.29, 0.717) is 24.6 Å². The van der Waals surface area contributed by atoms with Crippen LogP contribution < -0.4 is 10.1 Å². The van der Waals surface area contributed by atoms with Gasteiger partial charge in [0, 0.05) is 12.4 Å². The summed E-state index contributed by atoms with van der Waals surface area (Å²) in [4.78, 5) is 16.2. The van der Waals surface area contributed by atoms with Gasteiger partial charge in [-0.1, -0.05) is 29.8 Å². The fourth-order valence-electron chi connectivity index (χ4n) is 2.16. The van der Waals surface area contributed by atoms with E-state index in [9.17, 15) is 4.79 Å². The van der Waals surface area contributed by atoms with E-state index in [-0.39, 0.29) is 5.91 Å². The number of nitrogens with zero attached hydrogens (tertiary/aromatic N) is 2. The Morgan fingerprint density at radius 3 is 2.83 bits per heavy atom. The van der Waals surface area contributed by atoms with Crippen LogP contribution in [-0.4, -0.2) is 21.9 Å². The van der Waals surface area contributed by atoms with Gasteiger partial charge in [-0.15, -0.1) is 0 Å². The zero-order valence-electron chi connectivity index (χ0n) is 12.4. The Morgan fingerprint density at radius 1 is 1.17 bits per heavy atom. The third-order valence-electron chi connectivity index (χ3n) is 3.27. The Morgan fingerprint density at radius 2 is 2.00 bits per heavy atom. The zero-order valence-corrected chi connectivity index (χ0v) is 13.2. The number of hydrogen-bond donors (Lipinski definition) is 1. The zero-order chi connectivity index (χ0) is 16.1. The molecule has 1 N–H and O–H groups in total. The quantitative estimate of drug-likeness (QED) is 0.756. The number of pyridine rings is 1. The van der Waals surface area contributed by atoms with E-state index in [1.165, 1.54) is 0 Å². The van der Waals surface area contributed by atoms with Crippen molar-refractivity contribution in [2.45, 2.75) is 13.0 Å². The molecule has 0 unspecified atom stereocenters. The first-order valence-electron chi connectivity index (χ1n) is 7.28. The minimum absolute atomic E-state index is 0.0731. The molecule has 0 atom stereocenters. The molecule has 1 amide bonds. The molecule has 6 heteroatoms. The fraction of sp³-hybridized carbons (Fsp3) is 0.176. The summed E-state index contributed by atoms with van der Waals surface area (Å²) in [6, 6.07) is 13.0. The summed E-state index contributed by atoms with van der Waals surface area (Å²) in [6.07, 6.45) is 3.93. The van der Waals surface area contributed by atoms with Gasteiger partial charge in [-0.3, -0.25) is 4.79 Å². The summed E-state index contributed by atoms with van der Waals surface area (Å²) in [7, 11) is 0. The number of amides is 1. The average molecular weight is 330 g/mol. The van der Waals surface area contributed by atoms with Crippen LogP contribution in [0, 0.1) is 0 Å². The van der Waals surface area contributed by atoms with Crippen LogP contribution in [0.2, 0.25) is 5.02 Å². The number of halogens is 1. The SMILES string of the molecule is O=C(CCOc1ccccc1)NCc1cn2cc(Cl)ccc2n1. The van der Waals surface area contributed by atoms with Crippen molar-refractivity contribution in [3.8, 4) is 5.75 Å². The molecule has 2 aromatic heterocycles. The number of nitrogens with one attached hydrogen (secondary N) is 1. The minimum Gasteiger partial charge on any atom is -0.493 e. The second-order valence-electron chi connectivity index (χ2n) is 5.03. The molecule has 3 aromatic rings. The summed E-state index contributed by atoms with van der Waals surface area (Å²) < 4.78 is 7.33. The normalized spacial score (nSPS) is 10.7. The van der Waals surface area contributed by atoms with Crippen molar-refractivity contribution in [3.05, 3.63) is 65.6 Å². The number of para-hydroxylation sites is 1. The second kappa shape index (κ2) is 7.15. The predicted octanol–water partition coefficient (Wildman–Crippen LogP) is 3.07. The summed E-state index contributed by atoms with van der Waals surface area (Å²) >= 11 is 5.93. The van der Waals surface area contributed by atoms with Crippen LogP contribution in [0.15, 0.2) is 54.9 Å². The molecule has 0 saturated carbocycles. The van der Waals surface area contributed by atoms with Gasteiger partial charge in [0.05, 0.1) is 30.3 Å². The highest BCUT2D eigenvalue weighted by molar-refractivity contribution is 6.30.